The Balaban J connectivity index is 2.14. The zero-order valence-electron chi connectivity index (χ0n) is 9.43. The predicted octanol–water partition coefficient (Wildman–Crippen LogP) is 2.07. The van der Waals surface area contributed by atoms with Gasteiger partial charge in [0.15, 0.2) is 0 Å². The van der Waals surface area contributed by atoms with E-state index in [9.17, 15) is 0 Å². The molecule has 0 aromatic carbocycles. The van der Waals surface area contributed by atoms with Crippen molar-refractivity contribution in [3.8, 4) is 0 Å². The van der Waals surface area contributed by atoms with Gasteiger partial charge in [0.1, 0.15) is 5.76 Å². The van der Waals surface area contributed by atoms with Crippen molar-refractivity contribution in [2.45, 2.75) is 24.2 Å². The molecule has 2 heterocycles. The Hall–Kier alpha value is -1.20. The van der Waals surface area contributed by atoms with Crippen molar-refractivity contribution in [2.75, 3.05) is 0 Å². The van der Waals surface area contributed by atoms with Crippen LogP contribution in [0.15, 0.2) is 27.8 Å². The van der Waals surface area contributed by atoms with Gasteiger partial charge in [-0.3, -0.25) is 4.68 Å². The quantitative estimate of drug-likeness (QED) is 0.827. The van der Waals surface area contributed by atoms with Gasteiger partial charge in [-0.25, -0.2) is 0 Å². The fourth-order valence-electron chi connectivity index (χ4n) is 1.63. The first-order chi connectivity index (χ1) is 7.72. The molecule has 0 atom stereocenters. The summed E-state index contributed by atoms with van der Waals surface area (Å²) in [5, 5.41) is 5.49. The monoisotopic (exact) mass is 237 g/mol. The summed E-state index contributed by atoms with van der Waals surface area (Å²) < 4.78 is 7.17. The lowest BCUT2D eigenvalue weighted by atomic mass is 10.3. The summed E-state index contributed by atoms with van der Waals surface area (Å²) in [5.41, 5.74) is 7.85. The molecule has 86 valence electrons. The van der Waals surface area contributed by atoms with Crippen LogP contribution in [0.5, 0.6) is 0 Å². The van der Waals surface area contributed by atoms with Crippen molar-refractivity contribution in [2.24, 2.45) is 12.8 Å². The molecule has 0 bridgehead atoms. The fourth-order valence-corrected chi connectivity index (χ4v) is 2.71. The van der Waals surface area contributed by atoms with E-state index in [1.807, 2.05) is 30.8 Å². The van der Waals surface area contributed by atoms with Crippen molar-refractivity contribution in [1.82, 2.24) is 9.78 Å². The van der Waals surface area contributed by atoms with Crippen LogP contribution in [-0.4, -0.2) is 9.78 Å². The van der Waals surface area contributed by atoms with Gasteiger partial charge in [0.25, 0.3) is 0 Å². The van der Waals surface area contributed by atoms with Crippen molar-refractivity contribution in [3.63, 3.8) is 0 Å². The molecular weight excluding hydrogens is 222 g/mol. The van der Waals surface area contributed by atoms with Crippen LogP contribution in [0.25, 0.3) is 0 Å². The number of thioether (sulfide) groups is 1. The number of aromatic nitrogens is 2. The molecule has 2 rings (SSSR count). The average molecular weight is 237 g/mol. The fraction of sp³-hybridized carbons (Fsp3) is 0.364. The Bertz CT molecular complexity index is 462. The number of hydrogen-bond donors (Lipinski definition) is 1. The summed E-state index contributed by atoms with van der Waals surface area (Å²) in [6.45, 7) is 2.51. The molecule has 2 aromatic rings. The second kappa shape index (κ2) is 4.76. The lowest BCUT2D eigenvalue weighted by Crippen LogP contribution is -1.99. The first kappa shape index (κ1) is 11.3. The molecule has 0 aliphatic heterocycles. The standard InChI is InChI=1S/C11H15N3OS/c1-8-10(6-12)11(14(2)13-8)16-7-9-4-3-5-15-9/h3-5H,6-7,12H2,1-2H3. The lowest BCUT2D eigenvalue weighted by Gasteiger charge is -2.03. The first-order valence-electron chi connectivity index (χ1n) is 5.10. The maximum atomic E-state index is 5.72. The molecular formula is C11H15N3OS. The van der Waals surface area contributed by atoms with Crippen molar-refractivity contribution >= 4 is 11.8 Å². The van der Waals surface area contributed by atoms with Gasteiger partial charge in [0.2, 0.25) is 0 Å². The molecule has 0 saturated heterocycles. The summed E-state index contributed by atoms with van der Waals surface area (Å²) in [7, 11) is 1.94. The molecule has 0 aliphatic rings. The van der Waals surface area contributed by atoms with Gasteiger partial charge < -0.3 is 10.2 Å². The predicted molar refractivity (Wildman–Crippen MR) is 64.1 cm³/mol. The molecule has 5 heteroatoms. The molecule has 0 aliphatic carbocycles. The summed E-state index contributed by atoms with van der Waals surface area (Å²) >= 11 is 1.70. The van der Waals surface area contributed by atoms with E-state index in [-0.39, 0.29) is 0 Å². The van der Waals surface area contributed by atoms with Crippen LogP contribution < -0.4 is 5.73 Å². The lowest BCUT2D eigenvalue weighted by molar-refractivity contribution is 0.530. The van der Waals surface area contributed by atoms with E-state index in [0.717, 1.165) is 27.8 Å². The van der Waals surface area contributed by atoms with Gasteiger partial charge in [-0.15, -0.1) is 0 Å². The minimum atomic E-state index is 0.528. The van der Waals surface area contributed by atoms with Gasteiger partial charge in [0, 0.05) is 19.2 Å². The third-order valence-corrected chi connectivity index (χ3v) is 3.64. The molecule has 16 heavy (non-hydrogen) atoms. The maximum absolute atomic E-state index is 5.72. The van der Waals surface area contributed by atoms with Crippen LogP contribution in [0.4, 0.5) is 0 Å². The van der Waals surface area contributed by atoms with E-state index in [4.69, 9.17) is 10.2 Å². The van der Waals surface area contributed by atoms with Crippen LogP contribution in [0.1, 0.15) is 17.0 Å². The molecule has 2 N–H and O–H groups in total. The zero-order chi connectivity index (χ0) is 11.5. The van der Waals surface area contributed by atoms with E-state index < -0.39 is 0 Å². The van der Waals surface area contributed by atoms with Crippen LogP contribution in [-0.2, 0) is 19.3 Å². The molecule has 0 saturated carbocycles. The van der Waals surface area contributed by atoms with Gasteiger partial charge >= 0.3 is 0 Å². The van der Waals surface area contributed by atoms with Crippen LogP contribution in [0, 0.1) is 6.92 Å². The minimum Gasteiger partial charge on any atom is -0.468 e. The summed E-state index contributed by atoms with van der Waals surface area (Å²) in [6.07, 6.45) is 1.69. The summed E-state index contributed by atoms with van der Waals surface area (Å²) in [4.78, 5) is 0. The molecule has 0 radical (unpaired) electrons. The highest BCUT2D eigenvalue weighted by Crippen LogP contribution is 2.27. The Morgan fingerprint density at radius 1 is 1.56 bits per heavy atom. The van der Waals surface area contributed by atoms with Gasteiger partial charge in [-0.1, -0.05) is 11.8 Å². The van der Waals surface area contributed by atoms with E-state index in [1.165, 1.54) is 0 Å². The number of furan rings is 1. The molecule has 2 aromatic heterocycles. The Labute approximate surface area is 98.8 Å². The van der Waals surface area contributed by atoms with E-state index >= 15 is 0 Å². The van der Waals surface area contributed by atoms with Crippen molar-refractivity contribution in [3.05, 3.63) is 35.4 Å². The first-order valence-corrected chi connectivity index (χ1v) is 6.08. The summed E-state index contributed by atoms with van der Waals surface area (Å²) in [6, 6.07) is 3.87. The Morgan fingerprint density at radius 3 is 3.00 bits per heavy atom. The second-order valence-corrected chi connectivity index (χ2v) is 4.53. The van der Waals surface area contributed by atoms with Crippen molar-refractivity contribution in [1.29, 1.82) is 0 Å². The topological polar surface area (TPSA) is 57.0 Å². The SMILES string of the molecule is Cc1nn(C)c(SCc2ccco2)c1CN. The van der Waals surface area contributed by atoms with Crippen LogP contribution in [0.3, 0.4) is 0 Å². The molecule has 0 fully saturated rings. The van der Waals surface area contributed by atoms with Crippen LogP contribution in [0.2, 0.25) is 0 Å². The zero-order valence-corrected chi connectivity index (χ0v) is 10.3. The number of aryl methyl sites for hydroxylation is 2. The molecule has 0 amide bonds. The van der Waals surface area contributed by atoms with E-state index in [1.54, 1.807) is 18.0 Å². The third kappa shape index (κ3) is 2.15. The average Bonchev–Trinajstić information content (AvgIpc) is 2.83. The molecule has 4 nitrogen and oxygen atoms in total. The Kier molecular flexibility index (Phi) is 3.36. The highest BCUT2D eigenvalue weighted by atomic mass is 32.2. The van der Waals surface area contributed by atoms with E-state index in [0.29, 0.717) is 6.54 Å². The highest BCUT2D eigenvalue weighted by Gasteiger charge is 2.12. The molecule has 0 unspecified atom stereocenters. The van der Waals surface area contributed by atoms with Gasteiger partial charge in [0.05, 0.1) is 22.7 Å². The number of hydrogen-bond acceptors (Lipinski definition) is 4. The van der Waals surface area contributed by atoms with Gasteiger partial charge in [-0.05, 0) is 19.1 Å². The maximum Gasteiger partial charge on any atom is 0.114 e. The van der Waals surface area contributed by atoms with Crippen LogP contribution >= 0.6 is 11.8 Å². The number of nitrogens with zero attached hydrogens (tertiary/aromatic N) is 2. The third-order valence-electron chi connectivity index (χ3n) is 2.42. The van der Waals surface area contributed by atoms with Crippen molar-refractivity contribution < 1.29 is 4.42 Å². The van der Waals surface area contributed by atoms with E-state index in [2.05, 4.69) is 5.10 Å². The number of nitrogens with two attached hydrogens (primary N) is 1. The highest BCUT2D eigenvalue weighted by molar-refractivity contribution is 7.98. The minimum absolute atomic E-state index is 0.528. The molecule has 0 spiro atoms. The number of rotatable bonds is 4. The smallest absolute Gasteiger partial charge is 0.114 e. The normalized spacial score (nSPS) is 10.9. The van der Waals surface area contributed by atoms with Gasteiger partial charge in [-0.2, -0.15) is 5.10 Å². The second-order valence-electron chi connectivity index (χ2n) is 3.56. The summed E-state index contributed by atoms with van der Waals surface area (Å²) in [5.74, 6) is 1.77. The Morgan fingerprint density at radius 2 is 2.38 bits per heavy atom. The largest absolute Gasteiger partial charge is 0.468 e.